The molecule has 0 saturated heterocycles. The number of ether oxygens (including phenoxy) is 1. The second kappa shape index (κ2) is 8.80. The third-order valence-electron chi connectivity index (χ3n) is 3.67. The fraction of sp³-hybridized carbons (Fsp3) is 0.389. The van der Waals surface area contributed by atoms with Crippen LogP contribution in [0, 0.1) is 0 Å². The van der Waals surface area contributed by atoms with Gasteiger partial charge in [-0.15, -0.1) is 0 Å². The summed E-state index contributed by atoms with van der Waals surface area (Å²) in [7, 11) is 0. The highest BCUT2D eigenvalue weighted by Crippen LogP contribution is 2.26. The molecule has 1 atom stereocenters. The highest BCUT2D eigenvalue weighted by molar-refractivity contribution is 9.10. The van der Waals surface area contributed by atoms with E-state index < -0.39 is 12.0 Å². The summed E-state index contributed by atoms with van der Waals surface area (Å²) in [6.45, 7) is 5.84. The van der Waals surface area contributed by atoms with E-state index in [1.165, 1.54) is 0 Å². The fourth-order valence-corrected chi connectivity index (χ4v) is 2.89. The van der Waals surface area contributed by atoms with Gasteiger partial charge in [0.25, 0.3) is 0 Å². The Morgan fingerprint density at radius 1 is 1.28 bits per heavy atom. The molecule has 7 heteroatoms. The molecule has 0 aliphatic rings. The van der Waals surface area contributed by atoms with E-state index in [1.807, 2.05) is 38.1 Å². The third-order valence-corrected chi connectivity index (χ3v) is 4.20. The highest BCUT2D eigenvalue weighted by Gasteiger charge is 2.34. The molecule has 0 fully saturated rings. The van der Waals surface area contributed by atoms with Gasteiger partial charge in [-0.2, -0.15) is 5.10 Å². The number of rotatable bonds is 7. The second-order valence-corrected chi connectivity index (χ2v) is 6.72. The first-order valence-electron chi connectivity index (χ1n) is 8.14. The van der Waals surface area contributed by atoms with E-state index in [2.05, 4.69) is 21.0 Å². The average molecular weight is 408 g/mol. The molecule has 1 amide bonds. The summed E-state index contributed by atoms with van der Waals surface area (Å²) in [6, 6.07) is 8.11. The Labute approximate surface area is 155 Å². The van der Waals surface area contributed by atoms with Crippen molar-refractivity contribution in [3.8, 4) is 0 Å². The first kappa shape index (κ1) is 19.2. The van der Waals surface area contributed by atoms with Gasteiger partial charge in [0, 0.05) is 22.9 Å². The van der Waals surface area contributed by atoms with Crippen LogP contribution in [-0.2, 0) is 20.9 Å². The summed E-state index contributed by atoms with van der Waals surface area (Å²) >= 11 is 3.39. The van der Waals surface area contributed by atoms with E-state index in [9.17, 15) is 9.59 Å². The Hall–Kier alpha value is -2.15. The smallest absolute Gasteiger partial charge is 0.333 e. The average Bonchev–Trinajstić information content (AvgIpc) is 3.06. The molecule has 0 radical (unpaired) electrons. The molecule has 0 saturated carbocycles. The van der Waals surface area contributed by atoms with Gasteiger partial charge in [-0.1, -0.05) is 28.1 Å². The second-order valence-electron chi connectivity index (χ2n) is 5.80. The SMILES string of the molecule is CCOC(=O)[C@H](c1ccc(Br)cc1)N(C(=O)Cn1cccn1)C(C)C. The minimum absolute atomic E-state index is 0.0671. The normalized spacial score (nSPS) is 12.0. The molecule has 25 heavy (non-hydrogen) atoms. The maximum atomic E-state index is 12.9. The van der Waals surface area contributed by atoms with Gasteiger partial charge >= 0.3 is 5.97 Å². The number of aromatic nitrogens is 2. The van der Waals surface area contributed by atoms with Gasteiger partial charge in [-0.05, 0) is 44.5 Å². The summed E-state index contributed by atoms with van der Waals surface area (Å²) in [4.78, 5) is 27.1. The number of halogens is 1. The predicted molar refractivity (Wildman–Crippen MR) is 97.7 cm³/mol. The number of amides is 1. The minimum atomic E-state index is -0.795. The zero-order valence-corrected chi connectivity index (χ0v) is 16.1. The molecule has 0 aliphatic carbocycles. The number of hydrogen-bond acceptors (Lipinski definition) is 4. The summed E-state index contributed by atoms with van der Waals surface area (Å²) in [5, 5.41) is 4.07. The van der Waals surface area contributed by atoms with Crippen LogP contribution in [-0.4, -0.2) is 39.2 Å². The molecule has 6 nitrogen and oxygen atoms in total. The summed E-state index contributed by atoms with van der Waals surface area (Å²) < 4.78 is 7.68. The quantitative estimate of drug-likeness (QED) is 0.661. The number of benzene rings is 1. The molecule has 1 aromatic heterocycles. The zero-order chi connectivity index (χ0) is 18.4. The number of nitrogens with zero attached hydrogens (tertiary/aromatic N) is 3. The van der Waals surface area contributed by atoms with Crippen LogP contribution in [0.15, 0.2) is 47.2 Å². The Bertz CT molecular complexity index is 699. The largest absolute Gasteiger partial charge is 0.464 e. The molecular weight excluding hydrogens is 386 g/mol. The third kappa shape index (κ3) is 4.92. The lowest BCUT2D eigenvalue weighted by atomic mass is 10.0. The molecular formula is C18H22BrN3O3. The lowest BCUT2D eigenvalue weighted by molar-refractivity contribution is -0.157. The number of hydrogen-bond donors (Lipinski definition) is 0. The van der Waals surface area contributed by atoms with E-state index in [1.54, 1.807) is 35.0 Å². The molecule has 0 spiro atoms. The summed E-state index contributed by atoms with van der Waals surface area (Å²) in [5.41, 5.74) is 0.712. The van der Waals surface area contributed by atoms with Gasteiger partial charge in [0.05, 0.1) is 6.61 Å². The Kier molecular flexibility index (Phi) is 6.75. The number of esters is 1. The first-order chi connectivity index (χ1) is 11.9. The zero-order valence-electron chi connectivity index (χ0n) is 14.6. The molecule has 1 aromatic carbocycles. The highest BCUT2D eigenvalue weighted by atomic mass is 79.9. The minimum Gasteiger partial charge on any atom is -0.464 e. The molecule has 0 unspecified atom stereocenters. The van der Waals surface area contributed by atoms with E-state index in [4.69, 9.17) is 4.74 Å². The molecule has 2 aromatic rings. The van der Waals surface area contributed by atoms with Crippen LogP contribution >= 0.6 is 15.9 Å². The van der Waals surface area contributed by atoms with Crippen LogP contribution in [0.25, 0.3) is 0 Å². The van der Waals surface area contributed by atoms with Crippen molar-refractivity contribution in [2.24, 2.45) is 0 Å². The van der Waals surface area contributed by atoms with E-state index >= 15 is 0 Å². The molecule has 0 N–H and O–H groups in total. The van der Waals surface area contributed by atoms with Gasteiger partial charge < -0.3 is 9.64 Å². The van der Waals surface area contributed by atoms with Gasteiger partial charge in [0.1, 0.15) is 6.54 Å². The van der Waals surface area contributed by atoms with Crippen molar-refractivity contribution in [2.45, 2.75) is 39.4 Å². The lowest BCUT2D eigenvalue weighted by Gasteiger charge is -2.34. The van der Waals surface area contributed by atoms with Gasteiger partial charge in [0.15, 0.2) is 6.04 Å². The van der Waals surface area contributed by atoms with Crippen molar-refractivity contribution < 1.29 is 14.3 Å². The number of carbonyl (C=O) groups is 2. The first-order valence-corrected chi connectivity index (χ1v) is 8.94. The summed E-state index contributed by atoms with van der Waals surface area (Å²) in [5.74, 6) is -0.632. The molecule has 0 aliphatic heterocycles. The Balaban J connectivity index is 2.37. The van der Waals surface area contributed by atoms with Crippen LogP contribution in [0.4, 0.5) is 0 Å². The molecule has 134 valence electrons. The van der Waals surface area contributed by atoms with Gasteiger partial charge in [0.2, 0.25) is 5.91 Å². The van der Waals surface area contributed by atoms with Gasteiger partial charge in [-0.25, -0.2) is 4.79 Å². The Morgan fingerprint density at radius 3 is 2.48 bits per heavy atom. The van der Waals surface area contributed by atoms with Gasteiger partial charge in [-0.3, -0.25) is 9.48 Å². The molecule has 1 heterocycles. The van der Waals surface area contributed by atoms with Crippen molar-refractivity contribution >= 4 is 27.8 Å². The molecule has 0 bridgehead atoms. The van der Waals surface area contributed by atoms with Crippen molar-refractivity contribution in [2.75, 3.05) is 6.61 Å². The van der Waals surface area contributed by atoms with Crippen LogP contribution in [0.2, 0.25) is 0 Å². The van der Waals surface area contributed by atoms with Crippen LogP contribution in [0.1, 0.15) is 32.4 Å². The van der Waals surface area contributed by atoms with Crippen LogP contribution in [0.3, 0.4) is 0 Å². The molecule has 2 rings (SSSR count). The maximum Gasteiger partial charge on any atom is 0.333 e. The van der Waals surface area contributed by atoms with E-state index in [-0.39, 0.29) is 25.1 Å². The van der Waals surface area contributed by atoms with E-state index in [0.717, 1.165) is 4.47 Å². The predicted octanol–water partition coefficient (Wildman–Crippen LogP) is 3.19. The van der Waals surface area contributed by atoms with Crippen molar-refractivity contribution in [1.82, 2.24) is 14.7 Å². The van der Waals surface area contributed by atoms with Crippen LogP contribution < -0.4 is 0 Å². The van der Waals surface area contributed by atoms with E-state index in [0.29, 0.717) is 5.56 Å². The monoisotopic (exact) mass is 407 g/mol. The summed E-state index contributed by atoms with van der Waals surface area (Å²) in [6.07, 6.45) is 3.33. The van der Waals surface area contributed by atoms with Crippen molar-refractivity contribution in [3.63, 3.8) is 0 Å². The van der Waals surface area contributed by atoms with Crippen molar-refractivity contribution in [3.05, 3.63) is 52.8 Å². The fourth-order valence-electron chi connectivity index (χ4n) is 2.62. The van der Waals surface area contributed by atoms with Crippen molar-refractivity contribution in [1.29, 1.82) is 0 Å². The maximum absolute atomic E-state index is 12.9. The standard InChI is InChI=1S/C18H22BrN3O3/c1-4-25-18(24)17(14-6-8-15(19)9-7-14)22(13(2)3)16(23)12-21-11-5-10-20-21/h5-11,13,17H,4,12H2,1-3H3/t17-/m0/s1. The van der Waals surface area contributed by atoms with Crippen LogP contribution in [0.5, 0.6) is 0 Å². The topological polar surface area (TPSA) is 64.4 Å². The lowest BCUT2D eigenvalue weighted by Crippen LogP contribution is -2.45. The Morgan fingerprint density at radius 2 is 1.96 bits per heavy atom. The number of carbonyl (C=O) groups excluding carboxylic acids is 2.